The van der Waals surface area contributed by atoms with Crippen LogP contribution >= 0.6 is 0 Å². The average Bonchev–Trinajstić information content (AvgIpc) is 2.39. The van der Waals surface area contributed by atoms with Crippen LogP contribution in [0.2, 0.25) is 0 Å². The summed E-state index contributed by atoms with van der Waals surface area (Å²) < 4.78 is 5.54. The van der Waals surface area contributed by atoms with E-state index >= 15 is 0 Å². The lowest BCUT2D eigenvalue weighted by Crippen LogP contribution is -2.55. The lowest BCUT2D eigenvalue weighted by molar-refractivity contribution is -0.127. The molecule has 3 aliphatic rings. The van der Waals surface area contributed by atoms with Gasteiger partial charge in [0.1, 0.15) is 5.78 Å². The van der Waals surface area contributed by atoms with Gasteiger partial charge in [-0.3, -0.25) is 4.79 Å². The molecule has 0 aromatic rings. The van der Waals surface area contributed by atoms with Gasteiger partial charge in [0.15, 0.2) is 0 Å². The number of Topliss-reactive ketones (excluding diaryl/α,β-unsaturated/α-hetero) is 1. The van der Waals surface area contributed by atoms with E-state index < -0.39 is 0 Å². The zero-order valence-corrected chi connectivity index (χ0v) is 11.2. The highest BCUT2D eigenvalue weighted by atomic mass is 16.5. The number of hydrogen-bond donors (Lipinski definition) is 1. The van der Waals surface area contributed by atoms with Gasteiger partial charge in [-0.1, -0.05) is 32.1 Å². The first kappa shape index (κ1) is 12.6. The van der Waals surface area contributed by atoms with Crippen LogP contribution in [-0.2, 0) is 9.53 Å². The molecule has 0 spiro atoms. The van der Waals surface area contributed by atoms with Crippen molar-refractivity contribution >= 4 is 5.78 Å². The molecule has 0 aromatic heterocycles. The number of fused-ring (bicyclic) bond motifs is 2. The minimum absolute atomic E-state index is 0.312. The van der Waals surface area contributed by atoms with E-state index in [2.05, 4.69) is 5.32 Å². The number of morpholine rings is 1. The van der Waals surface area contributed by atoms with Crippen molar-refractivity contribution in [3.05, 3.63) is 0 Å². The molecule has 0 aromatic carbocycles. The summed E-state index contributed by atoms with van der Waals surface area (Å²) in [6.07, 6.45) is 9.47. The number of ether oxygens (including phenoxy) is 1. The Kier molecular flexibility index (Phi) is 4.00. The summed E-state index contributed by atoms with van der Waals surface area (Å²) in [4.78, 5) is 12.4. The van der Waals surface area contributed by atoms with E-state index in [0.717, 1.165) is 32.5 Å². The first-order chi connectivity index (χ1) is 8.81. The molecule has 18 heavy (non-hydrogen) atoms. The fourth-order valence-electron chi connectivity index (χ4n) is 3.94. The molecule has 2 saturated heterocycles. The van der Waals surface area contributed by atoms with Crippen molar-refractivity contribution in [2.24, 2.45) is 11.8 Å². The van der Waals surface area contributed by atoms with Crippen molar-refractivity contribution in [2.45, 2.75) is 63.5 Å². The molecule has 0 radical (unpaired) electrons. The second-order valence-corrected chi connectivity index (χ2v) is 6.44. The summed E-state index contributed by atoms with van der Waals surface area (Å²) in [5.74, 6) is 1.55. The molecule has 3 nitrogen and oxygen atoms in total. The molecule has 2 unspecified atom stereocenters. The van der Waals surface area contributed by atoms with Gasteiger partial charge in [-0.05, 0) is 18.8 Å². The smallest absolute Gasteiger partial charge is 0.136 e. The van der Waals surface area contributed by atoms with Gasteiger partial charge in [0.05, 0.1) is 13.2 Å². The van der Waals surface area contributed by atoms with Gasteiger partial charge >= 0.3 is 0 Å². The number of carbonyl (C=O) groups excluding carboxylic acids is 1. The van der Waals surface area contributed by atoms with E-state index in [0.29, 0.717) is 29.7 Å². The predicted octanol–water partition coefficient (Wildman–Crippen LogP) is 2.29. The molecule has 2 bridgehead atoms. The third kappa shape index (κ3) is 2.94. The SMILES string of the molecule is O=C(CC1CCCCC1)C1CC2COCC(C1)N2. The summed E-state index contributed by atoms with van der Waals surface area (Å²) in [5.41, 5.74) is 0. The van der Waals surface area contributed by atoms with Crippen LogP contribution in [0.1, 0.15) is 51.4 Å². The molecule has 1 N–H and O–H groups in total. The van der Waals surface area contributed by atoms with Gasteiger partial charge < -0.3 is 10.1 Å². The second kappa shape index (κ2) is 5.70. The molecule has 1 aliphatic carbocycles. The average molecular weight is 251 g/mol. The van der Waals surface area contributed by atoms with E-state index in [9.17, 15) is 4.79 Å². The summed E-state index contributed by atoms with van der Waals surface area (Å²) in [6, 6.07) is 0.857. The highest BCUT2D eigenvalue weighted by Gasteiger charge is 2.35. The number of hydrogen-bond acceptors (Lipinski definition) is 3. The molecule has 2 atom stereocenters. The highest BCUT2D eigenvalue weighted by Crippen LogP contribution is 2.31. The number of piperidine rings is 1. The second-order valence-electron chi connectivity index (χ2n) is 6.44. The van der Waals surface area contributed by atoms with Crippen molar-refractivity contribution in [1.82, 2.24) is 5.32 Å². The van der Waals surface area contributed by atoms with E-state index in [4.69, 9.17) is 4.74 Å². The molecular weight excluding hydrogens is 226 g/mol. The number of nitrogens with one attached hydrogen (secondary N) is 1. The Bertz CT molecular complexity index is 287. The number of carbonyl (C=O) groups is 1. The summed E-state index contributed by atoms with van der Waals surface area (Å²) in [6.45, 7) is 1.59. The van der Waals surface area contributed by atoms with Crippen LogP contribution in [0.15, 0.2) is 0 Å². The zero-order chi connectivity index (χ0) is 12.4. The lowest BCUT2D eigenvalue weighted by Gasteiger charge is -2.40. The van der Waals surface area contributed by atoms with Crippen LogP contribution in [0.4, 0.5) is 0 Å². The fraction of sp³-hybridized carbons (Fsp3) is 0.933. The normalized spacial score (nSPS) is 37.4. The monoisotopic (exact) mass is 251 g/mol. The third-order valence-electron chi connectivity index (χ3n) is 4.92. The van der Waals surface area contributed by atoms with Gasteiger partial charge in [-0.2, -0.15) is 0 Å². The Morgan fingerprint density at radius 2 is 1.72 bits per heavy atom. The quantitative estimate of drug-likeness (QED) is 0.836. The van der Waals surface area contributed by atoms with Crippen LogP contribution in [0.5, 0.6) is 0 Å². The van der Waals surface area contributed by atoms with Gasteiger partial charge in [-0.25, -0.2) is 0 Å². The van der Waals surface area contributed by atoms with Crippen molar-refractivity contribution in [3.63, 3.8) is 0 Å². The van der Waals surface area contributed by atoms with E-state index in [1.165, 1.54) is 32.1 Å². The van der Waals surface area contributed by atoms with Crippen molar-refractivity contribution in [1.29, 1.82) is 0 Å². The maximum Gasteiger partial charge on any atom is 0.136 e. The van der Waals surface area contributed by atoms with Crippen LogP contribution in [0, 0.1) is 11.8 Å². The molecule has 2 heterocycles. The van der Waals surface area contributed by atoms with Gasteiger partial charge in [-0.15, -0.1) is 0 Å². The number of rotatable bonds is 3. The Labute approximate surface area is 110 Å². The van der Waals surface area contributed by atoms with Gasteiger partial charge in [0.2, 0.25) is 0 Å². The summed E-state index contributed by atoms with van der Waals surface area (Å²) in [7, 11) is 0. The fourth-order valence-corrected chi connectivity index (χ4v) is 3.94. The molecular formula is C15H25NO2. The maximum absolute atomic E-state index is 12.4. The largest absolute Gasteiger partial charge is 0.378 e. The number of ketones is 1. The van der Waals surface area contributed by atoms with Crippen LogP contribution < -0.4 is 5.32 Å². The van der Waals surface area contributed by atoms with Crippen molar-refractivity contribution in [2.75, 3.05) is 13.2 Å². The Hall–Kier alpha value is -0.410. The van der Waals surface area contributed by atoms with Crippen LogP contribution in [0.25, 0.3) is 0 Å². The van der Waals surface area contributed by atoms with Gasteiger partial charge in [0.25, 0.3) is 0 Å². The molecule has 0 amide bonds. The highest BCUT2D eigenvalue weighted by molar-refractivity contribution is 5.81. The van der Waals surface area contributed by atoms with E-state index in [-0.39, 0.29) is 0 Å². The molecule has 3 fully saturated rings. The standard InChI is InChI=1S/C15H25NO2/c17-15(6-11-4-2-1-3-5-11)12-7-13-9-18-10-14(8-12)16-13/h11-14,16H,1-10H2. The van der Waals surface area contributed by atoms with Crippen molar-refractivity contribution in [3.8, 4) is 0 Å². The lowest BCUT2D eigenvalue weighted by atomic mass is 9.78. The Morgan fingerprint density at radius 1 is 1.06 bits per heavy atom. The summed E-state index contributed by atoms with van der Waals surface area (Å²) >= 11 is 0. The first-order valence-corrected chi connectivity index (χ1v) is 7.68. The minimum Gasteiger partial charge on any atom is -0.378 e. The predicted molar refractivity (Wildman–Crippen MR) is 70.5 cm³/mol. The van der Waals surface area contributed by atoms with Gasteiger partial charge in [0, 0.05) is 24.4 Å². The van der Waals surface area contributed by atoms with E-state index in [1.54, 1.807) is 0 Å². The zero-order valence-electron chi connectivity index (χ0n) is 11.2. The molecule has 3 heteroatoms. The van der Waals surface area contributed by atoms with Crippen LogP contribution in [-0.4, -0.2) is 31.1 Å². The maximum atomic E-state index is 12.4. The van der Waals surface area contributed by atoms with Crippen LogP contribution in [0.3, 0.4) is 0 Å². The third-order valence-corrected chi connectivity index (χ3v) is 4.92. The molecule has 1 saturated carbocycles. The molecule has 3 rings (SSSR count). The first-order valence-electron chi connectivity index (χ1n) is 7.68. The minimum atomic E-state index is 0.312. The Morgan fingerprint density at radius 3 is 2.39 bits per heavy atom. The van der Waals surface area contributed by atoms with Crippen molar-refractivity contribution < 1.29 is 9.53 Å². The molecule has 102 valence electrons. The van der Waals surface area contributed by atoms with E-state index in [1.807, 2.05) is 0 Å². The Balaban J connectivity index is 1.52. The summed E-state index contributed by atoms with van der Waals surface area (Å²) in [5, 5.41) is 3.56. The molecule has 2 aliphatic heterocycles. The topological polar surface area (TPSA) is 38.3 Å².